The van der Waals surface area contributed by atoms with Crippen LogP contribution in [0, 0.1) is 0 Å². The molecule has 0 atom stereocenters. The van der Waals surface area contributed by atoms with Crippen LogP contribution in [0.4, 0.5) is 5.69 Å². The summed E-state index contributed by atoms with van der Waals surface area (Å²) in [6.07, 6.45) is 0. The number of fused-ring (bicyclic) bond motifs is 1. The summed E-state index contributed by atoms with van der Waals surface area (Å²) in [5, 5.41) is 1.13. The van der Waals surface area contributed by atoms with Gasteiger partial charge in [-0.3, -0.25) is 4.72 Å². The highest BCUT2D eigenvalue weighted by atomic mass is 35.5. The van der Waals surface area contributed by atoms with Crippen LogP contribution in [-0.4, -0.2) is 8.42 Å². The molecule has 0 aliphatic carbocycles. The van der Waals surface area contributed by atoms with Crippen molar-refractivity contribution in [3.05, 3.63) is 69.0 Å². The summed E-state index contributed by atoms with van der Waals surface area (Å²) < 4.78 is 32.3. The SMILES string of the molecule is O=c1ccc2cc(S(=O)(=O)Nc3cc(Cl)cc(Cl)c3)ccc2o1. The molecule has 0 spiro atoms. The fraction of sp³-hybridized carbons (Fsp3) is 0. The molecule has 0 bridgehead atoms. The molecule has 0 saturated carbocycles. The summed E-state index contributed by atoms with van der Waals surface area (Å²) in [6, 6.07) is 11.3. The summed E-state index contributed by atoms with van der Waals surface area (Å²) >= 11 is 11.7. The number of rotatable bonds is 3. The number of sulfonamides is 1. The Kier molecular flexibility index (Phi) is 4.06. The molecule has 0 unspecified atom stereocenters. The quantitative estimate of drug-likeness (QED) is 0.710. The molecule has 2 aromatic carbocycles. The third kappa shape index (κ3) is 3.50. The van der Waals surface area contributed by atoms with Gasteiger partial charge in [-0.15, -0.1) is 0 Å². The molecule has 0 saturated heterocycles. The molecule has 23 heavy (non-hydrogen) atoms. The van der Waals surface area contributed by atoms with E-state index < -0.39 is 15.6 Å². The first kappa shape index (κ1) is 15.9. The van der Waals surface area contributed by atoms with Gasteiger partial charge in [-0.05, 0) is 42.5 Å². The molecule has 0 fully saturated rings. The molecule has 3 rings (SSSR count). The second-order valence-corrected chi connectivity index (χ2v) is 7.27. The molecule has 0 radical (unpaired) electrons. The second kappa shape index (κ2) is 5.88. The van der Waals surface area contributed by atoms with Crippen LogP contribution < -0.4 is 10.3 Å². The lowest BCUT2D eigenvalue weighted by Crippen LogP contribution is -2.13. The van der Waals surface area contributed by atoms with E-state index >= 15 is 0 Å². The van der Waals surface area contributed by atoms with E-state index in [1.54, 1.807) is 0 Å². The number of anilines is 1. The maximum absolute atomic E-state index is 12.4. The van der Waals surface area contributed by atoms with E-state index in [1.165, 1.54) is 48.5 Å². The molecule has 1 aromatic heterocycles. The topological polar surface area (TPSA) is 76.4 Å². The minimum absolute atomic E-state index is 0.0231. The van der Waals surface area contributed by atoms with Gasteiger partial charge in [0.2, 0.25) is 0 Å². The Balaban J connectivity index is 2.02. The van der Waals surface area contributed by atoms with Gasteiger partial charge in [-0.1, -0.05) is 23.2 Å². The average Bonchev–Trinajstić information content (AvgIpc) is 2.44. The molecule has 3 aromatic rings. The van der Waals surface area contributed by atoms with Crippen LogP contribution in [0.2, 0.25) is 10.0 Å². The van der Waals surface area contributed by atoms with E-state index in [4.69, 9.17) is 27.6 Å². The lowest BCUT2D eigenvalue weighted by atomic mass is 10.2. The van der Waals surface area contributed by atoms with E-state index in [0.717, 1.165) is 0 Å². The summed E-state index contributed by atoms with van der Waals surface area (Å²) in [5.74, 6) is 0. The molecular formula is C15H9Cl2NO4S. The van der Waals surface area contributed by atoms with Crippen LogP contribution in [-0.2, 0) is 10.0 Å². The summed E-state index contributed by atoms with van der Waals surface area (Å²) in [5.41, 5.74) is 0.0595. The smallest absolute Gasteiger partial charge is 0.336 e. The average molecular weight is 370 g/mol. The van der Waals surface area contributed by atoms with E-state index in [1.807, 2.05) is 0 Å². The Morgan fingerprint density at radius 3 is 2.30 bits per heavy atom. The van der Waals surface area contributed by atoms with Crippen LogP contribution in [0.15, 0.2) is 62.6 Å². The van der Waals surface area contributed by atoms with Crippen molar-refractivity contribution in [2.45, 2.75) is 4.90 Å². The maximum atomic E-state index is 12.4. The first-order chi connectivity index (χ1) is 10.8. The minimum atomic E-state index is -3.84. The third-order valence-electron chi connectivity index (χ3n) is 3.02. The standard InChI is InChI=1S/C15H9Cl2NO4S/c16-10-6-11(17)8-12(7-10)18-23(20,21)13-2-3-14-9(5-13)1-4-15(19)22-14/h1-8,18H. The molecule has 0 aliphatic heterocycles. The van der Waals surface area contributed by atoms with Crippen molar-refractivity contribution in [1.29, 1.82) is 0 Å². The lowest BCUT2D eigenvalue weighted by Gasteiger charge is -2.09. The fourth-order valence-corrected chi connectivity index (χ4v) is 3.65. The van der Waals surface area contributed by atoms with Gasteiger partial charge < -0.3 is 4.42 Å². The number of benzene rings is 2. The number of hydrogen-bond donors (Lipinski definition) is 1. The van der Waals surface area contributed by atoms with Crippen LogP contribution in [0.3, 0.4) is 0 Å². The zero-order chi connectivity index (χ0) is 16.6. The predicted octanol–water partition coefficient (Wildman–Crippen LogP) is 3.90. The maximum Gasteiger partial charge on any atom is 0.336 e. The minimum Gasteiger partial charge on any atom is -0.423 e. The fourth-order valence-electron chi connectivity index (χ4n) is 2.04. The van der Waals surface area contributed by atoms with E-state index in [2.05, 4.69) is 4.72 Å². The highest BCUT2D eigenvalue weighted by Crippen LogP contribution is 2.25. The van der Waals surface area contributed by atoms with Crippen LogP contribution in [0.1, 0.15) is 0 Å². The molecule has 1 heterocycles. The van der Waals surface area contributed by atoms with E-state index in [9.17, 15) is 13.2 Å². The molecule has 8 heteroatoms. The van der Waals surface area contributed by atoms with Gasteiger partial charge in [0.25, 0.3) is 10.0 Å². The number of hydrogen-bond acceptors (Lipinski definition) is 4. The Bertz CT molecular complexity index is 1040. The van der Waals surface area contributed by atoms with Gasteiger partial charge in [0.1, 0.15) is 5.58 Å². The van der Waals surface area contributed by atoms with Crippen LogP contribution >= 0.6 is 23.2 Å². The molecule has 1 N–H and O–H groups in total. The van der Waals surface area contributed by atoms with Crippen molar-refractivity contribution in [3.63, 3.8) is 0 Å². The van der Waals surface area contributed by atoms with Gasteiger partial charge in [-0.2, -0.15) is 0 Å². The van der Waals surface area contributed by atoms with Crippen LogP contribution in [0.5, 0.6) is 0 Å². The van der Waals surface area contributed by atoms with E-state index in [-0.39, 0.29) is 10.6 Å². The zero-order valence-electron chi connectivity index (χ0n) is 11.4. The van der Waals surface area contributed by atoms with E-state index in [0.29, 0.717) is 21.0 Å². The normalized spacial score (nSPS) is 11.6. The molecule has 5 nitrogen and oxygen atoms in total. The van der Waals surface area contributed by atoms with Gasteiger partial charge in [0.15, 0.2) is 0 Å². The van der Waals surface area contributed by atoms with Crippen molar-refractivity contribution >= 4 is 49.9 Å². The number of nitrogens with one attached hydrogen (secondary N) is 1. The Morgan fingerprint density at radius 1 is 0.913 bits per heavy atom. The monoisotopic (exact) mass is 369 g/mol. The molecule has 0 aliphatic rings. The summed E-state index contributed by atoms with van der Waals surface area (Å²) in [7, 11) is -3.84. The van der Waals surface area contributed by atoms with Gasteiger partial charge >= 0.3 is 5.63 Å². The highest BCUT2D eigenvalue weighted by Gasteiger charge is 2.16. The summed E-state index contributed by atoms with van der Waals surface area (Å²) in [4.78, 5) is 11.2. The molecule has 118 valence electrons. The molecule has 0 amide bonds. The van der Waals surface area contributed by atoms with Crippen molar-refractivity contribution in [2.24, 2.45) is 0 Å². The predicted molar refractivity (Wildman–Crippen MR) is 89.8 cm³/mol. The van der Waals surface area contributed by atoms with Crippen molar-refractivity contribution < 1.29 is 12.8 Å². The number of halogens is 2. The highest BCUT2D eigenvalue weighted by molar-refractivity contribution is 7.92. The second-order valence-electron chi connectivity index (χ2n) is 4.72. The Labute approximate surface area is 141 Å². The Hall–Kier alpha value is -2.02. The zero-order valence-corrected chi connectivity index (χ0v) is 13.7. The lowest BCUT2D eigenvalue weighted by molar-refractivity contribution is 0.560. The van der Waals surface area contributed by atoms with Crippen molar-refractivity contribution in [2.75, 3.05) is 4.72 Å². The van der Waals surface area contributed by atoms with Crippen molar-refractivity contribution in [3.8, 4) is 0 Å². The molecular weight excluding hydrogens is 361 g/mol. The first-order valence-electron chi connectivity index (χ1n) is 6.36. The summed E-state index contributed by atoms with van der Waals surface area (Å²) in [6.45, 7) is 0. The van der Waals surface area contributed by atoms with Gasteiger partial charge in [0.05, 0.1) is 10.6 Å². The first-order valence-corrected chi connectivity index (χ1v) is 8.60. The Morgan fingerprint density at radius 2 is 1.61 bits per heavy atom. The third-order valence-corrected chi connectivity index (χ3v) is 4.83. The van der Waals surface area contributed by atoms with Gasteiger partial charge in [-0.25, -0.2) is 13.2 Å². The largest absolute Gasteiger partial charge is 0.423 e. The van der Waals surface area contributed by atoms with Gasteiger partial charge in [0, 0.05) is 21.5 Å². The van der Waals surface area contributed by atoms with Crippen molar-refractivity contribution in [1.82, 2.24) is 0 Å². The van der Waals surface area contributed by atoms with Crippen LogP contribution in [0.25, 0.3) is 11.0 Å².